The first-order chi connectivity index (χ1) is 9.41. The SMILES string of the molecule is C=C1CC[C@@H](OC(C)=O)C2(C)Cc3occ(C)c3CC12. The van der Waals surface area contributed by atoms with Crippen LogP contribution >= 0.6 is 0 Å². The third kappa shape index (κ3) is 1.91. The molecule has 0 bridgehead atoms. The number of rotatable bonds is 1. The summed E-state index contributed by atoms with van der Waals surface area (Å²) in [5.41, 5.74) is 3.77. The van der Waals surface area contributed by atoms with Gasteiger partial charge in [0.2, 0.25) is 0 Å². The van der Waals surface area contributed by atoms with Crippen molar-refractivity contribution < 1.29 is 13.9 Å². The van der Waals surface area contributed by atoms with E-state index in [4.69, 9.17) is 9.15 Å². The molecule has 0 spiro atoms. The average molecular weight is 274 g/mol. The van der Waals surface area contributed by atoms with Crippen LogP contribution in [0.2, 0.25) is 0 Å². The van der Waals surface area contributed by atoms with Gasteiger partial charge in [0, 0.05) is 18.8 Å². The fourth-order valence-electron chi connectivity index (χ4n) is 4.01. The molecule has 1 fully saturated rings. The Morgan fingerprint density at radius 3 is 3.00 bits per heavy atom. The first-order valence-electron chi connectivity index (χ1n) is 7.32. The van der Waals surface area contributed by atoms with Gasteiger partial charge in [0.15, 0.2) is 0 Å². The molecule has 1 saturated carbocycles. The van der Waals surface area contributed by atoms with Gasteiger partial charge < -0.3 is 9.15 Å². The predicted molar refractivity (Wildman–Crippen MR) is 76.4 cm³/mol. The van der Waals surface area contributed by atoms with Crippen LogP contribution in [0, 0.1) is 18.3 Å². The number of hydrogen-bond donors (Lipinski definition) is 0. The maximum Gasteiger partial charge on any atom is 0.302 e. The van der Waals surface area contributed by atoms with Crippen LogP contribution in [0.15, 0.2) is 22.8 Å². The molecule has 3 atom stereocenters. The maximum absolute atomic E-state index is 11.4. The molecule has 20 heavy (non-hydrogen) atoms. The summed E-state index contributed by atoms with van der Waals surface area (Å²) in [6.45, 7) is 10.1. The second-order valence-corrected chi connectivity index (χ2v) is 6.55. The molecule has 3 rings (SSSR count). The molecular weight excluding hydrogens is 252 g/mol. The van der Waals surface area contributed by atoms with Crippen LogP contribution in [0.3, 0.4) is 0 Å². The first kappa shape index (κ1) is 13.5. The molecule has 108 valence electrons. The Labute approximate surface area is 120 Å². The highest BCUT2D eigenvalue weighted by molar-refractivity contribution is 5.66. The van der Waals surface area contributed by atoms with E-state index < -0.39 is 0 Å². The van der Waals surface area contributed by atoms with Crippen molar-refractivity contribution in [2.75, 3.05) is 0 Å². The van der Waals surface area contributed by atoms with Gasteiger partial charge in [0.1, 0.15) is 11.9 Å². The lowest BCUT2D eigenvalue weighted by Gasteiger charge is -2.49. The fourth-order valence-corrected chi connectivity index (χ4v) is 4.01. The van der Waals surface area contributed by atoms with Crippen LogP contribution in [0.4, 0.5) is 0 Å². The van der Waals surface area contributed by atoms with E-state index in [1.807, 2.05) is 6.26 Å². The standard InChI is InChI=1S/C17H22O3/c1-10-5-6-16(20-12(3)18)17(4)8-15-13(7-14(10)17)11(2)9-19-15/h9,14,16H,1,5-8H2,2-4H3/t14?,16-,17?/m1/s1. The lowest BCUT2D eigenvalue weighted by Crippen LogP contribution is -2.50. The summed E-state index contributed by atoms with van der Waals surface area (Å²) >= 11 is 0. The summed E-state index contributed by atoms with van der Waals surface area (Å²) in [6.07, 6.45) is 5.43. The van der Waals surface area contributed by atoms with Gasteiger partial charge in [-0.3, -0.25) is 4.79 Å². The Hall–Kier alpha value is -1.51. The topological polar surface area (TPSA) is 39.4 Å². The molecule has 2 unspecified atom stereocenters. The van der Waals surface area contributed by atoms with Crippen molar-refractivity contribution in [3.05, 3.63) is 35.3 Å². The summed E-state index contributed by atoms with van der Waals surface area (Å²) in [6, 6.07) is 0. The van der Waals surface area contributed by atoms with Crippen molar-refractivity contribution in [1.82, 2.24) is 0 Å². The van der Waals surface area contributed by atoms with E-state index in [9.17, 15) is 4.79 Å². The van der Waals surface area contributed by atoms with Crippen LogP contribution in [0.1, 0.15) is 43.6 Å². The second kappa shape index (κ2) is 4.51. The fraction of sp³-hybridized carbons (Fsp3) is 0.588. The van der Waals surface area contributed by atoms with Crippen LogP contribution in [-0.2, 0) is 22.4 Å². The third-order valence-corrected chi connectivity index (χ3v) is 5.20. The minimum atomic E-state index is -0.191. The smallest absolute Gasteiger partial charge is 0.302 e. The van der Waals surface area contributed by atoms with Crippen molar-refractivity contribution in [2.45, 2.75) is 52.6 Å². The van der Waals surface area contributed by atoms with E-state index in [1.54, 1.807) is 0 Å². The number of furan rings is 1. The lowest BCUT2D eigenvalue weighted by atomic mass is 9.57. The molecule has 0 radical (unpaired) electrons. The van der Waals surface area contributed by atoms with E-state index in [-0.39, 0.29) is 17.5 Å². The van der Waals surface area contributed by atoms with Crippen molar-refractivity contribution >= 4 is 5.97 Å². The molecule has 3 heteroatoms. The summed E-state index contributed by atoms with van der Waals surface area (Å²) in [5.74, 6) is 1.25. The molecule has 0 aliphatic heterocycles. The van der Waals surface area contributed by atoms with Crippen LogP contribution < -0.4 is 0 Å². The van der Waals surface area contributed by atoms with Crippen molar-refractivity contribution in [3.8, 4) is 0 Å². The zero-order chi connectivity index (χ0) is 14.5. The van der Waals surface area contributed by atoms with Gasteiger partial charge >= 0.3 is 5.97 Å². The van der Waals surface area contributed by atoms with Crippen LogP contribution in [0.25, 0.3) is 0 Å². The number of allylic oxidation sites excluding steroid dienone is 1. The van der Waals surface area contributed by atoms with Gasteiger partial charge in [0.05, 0.1) is 6.26 Å². The molecule has 1 aromatic heterocycles. The molecule has 0 N–H and O–H groups in total. The second-order valence-electron chi connectivity index (χ2n) is 6.55. The van der Waals surface area contributed by atoms with E-state index in [1.165, 1.54) is 23.6 Å². The maximum atomic E-state index is 11.4. The number of aryl methyl sites for hydroxylation is 1. The minimum absolute atomic E-state index is 0.0333. The molecular formula is C17H22O3. The summed E-state index contributed by atoms with van der Waals surface area (Å²) < 4.78 is 11.3. The number of esters is 1. The lowest BCUT2D eigenvalue weighted by molar-refractivity contribution is -0.158. The van der Waals surface area contributed by atoms with E-state index in [2.05, 4.69) is 20.4 Å². The number of carbonyl (C=O) groups is 1. The number of ether oxygens (including phenoxy) is 1. The third-order valence-electron chi connectivity index (χ3n) is 5.20. The molecule has 0 aromatic carbocycles. The van der Waals surface area contributed by atoms with Crippen molar-refractivity contribution in [3.63, 3.8) is 0 Å². The van der Waals surface area contributed by atoms with Crippen LogP contribution in [-0.4, -0.2) is 12.1 Å². The Bertz CT molecular complexity index is 569. The predicted octanol–water partition coefficient (Wildman–Crippen LogP) is 3.59. The highest BCUT2D eigenvalue weighted by atomic mass is 16.5. The van der Waals surface area contributed by atoms with Crippen molar-refractivity contribution in [1.29, 1.82) is 0 Å². The normalized spacial score (nSPS) is 32.5. The largest absolute Gasteiger partial charge is 0.469 e. The zero-order valence-corrected chi connectivity index (χ0v) is 12.5. The highest BCUT2D eigenvalue weighted by Gasteiger charge is 2.51. The van der Waals surface area contributed by atoms with Gasteiger partial charge in [0.25, 0.3) is 0 Å². The van der Waals surface area contributed by atoms with E-state index in [0.717, 1.165) is 31.4 Å². The van der Waals surface area contributed by atoms with Gasteiger partial charge in [-0.15, -0.1) is 0 Å². The zero-order valence-electron chi connectivity index (χ0n) is 12.5. The first-order valence-corrected chi connectivity index (χ1v) is 7.32. The summed E-state index contributed by atoms with van der Waals surface area (Å²) in [4.78, 5) is 11.4. The highest BCUT2D eigenvalue weighted by Crippen LogP contribution is 2.52. The summed E-state index contributed by atoms with van der Waals surface area (Å²) in [7, 11) is 0. The van der Waals surface area contributed by atoms with Crippen molar-refractivity contribution in [2.24, 2.45) is 11.3 Å². The average Bonchev–Trinajstić information content (AvgIpc) is 2.72. The number of fused-ring (bicyclic) bond motifs is 2. The molecule has 2 aliphatic rings. The molecule has 1 aromatic rings. The van der Waals surface area contributed by atoms with Gasteiger partial charge in [-0.25, -0.2) is 0 Å². The Morgan fingerprint density at radius 1 is 1.55 bits per heavy atom. The minimum Gasteiger partial charge on any atom is -0.469 e. The van der Waals surface area contributed by atoms with E-state index >= 15 is 0 Å². The Morgan fingerprint density at radius 2 is 2.30 bits per heavy atom. The van der Waals surface area contributed by atoms with Crippen LogP contribution in [0.5, 0.6) is 0 Å². The molecule has 3 nitrogen and oxygen atoms in total. The van der Waals surface area contributed by atoms with Gasteiger partial charge in [-0.2, -0.15) is 0 Å². The van der Waals surface area contributed by atoms with E-state index in [0.29, 0.717) is 5.92 Å². The number of carbonyl (C=O) groups excluding carboxylic acids is 1. The Balaban J connectivity index is 1.99. The Kier molecular flexibility index (Phi) is 3.03. The summed E-state index contributed by atoms with van der Waals surface area (Å²) in [5, 5.41) is 0. The number of hydrogen-bond acceptors (Lipinski definition) is 3. The van der Waals surface area contributed by atoms with Gasteiger partial charge in [-0.05, 0) is 43.2 Å². The quantitative estimate of drug-likeness (QED) is 0.580. The molecule has 0 amide bonds. The monoisotopic (exact) mass is 274 g/mol. The van der Waals surface area contributed by atoms with Gasteiger partial charge in [-0.1, -0.05) is 19.1 Å². The molecule has 2 aliphatic carbocycles. The molecule has 1 heterocycles. The molecule has 0 saturated heterocycles.